The summed E-state index contributed by atoms with van der Waals surface area (Å²) >= 11 is 1.52. The number of nitrogens with zero attached hydrogens (tertiary/aromatic N) is 1. The van der Waals surface area contributed by atoms with Crippen molar-refractivity contribution in [1.82, 2.24) is 5.32 Å². The van der Waals surface area contributed by atoms with Crippen molar-refractivity contribution in [3.8, 4) is 0 Å². The molecule has 0 radical (unpaired) electrons. The van der Waals surface area contributed by atoms with Gasteiger partial charge in [-0.3, -0.25) is 9.69 Å². The van der Waals surface area contributed by atoms with Gasteiger partial charge in [-0.1, -0.05) is 19.4 Å². The van der Waals surface area contributed by atoms with E-state index < -0.39 is 0 Å². The monoisotopic (exact) mass is 343 g/mol. The van der Waals surface area contributed by atoms with Crippen LogP contribution in [0.1, 0.15) is 33.5 Å². The molecule has 1 fully saturated rings. The van der Waals surface area contributed by atoms with E-state index in [9.17, 15) is 9.59 Å². The van der Waals surface area contributed by atoms with Crippen LogP contribution >= 0.6 is 11.3 Å². The summed E-state index contributed by atoms with van der Waals surface area (Å²) < 4.78 is 0. The predicted molar refractivity (Wildman–Crippen MR) is 98.2 cm³/mol. The third kappa shape index (κ3) is 3.43. The zero-order valence-corrected chi connectivity index (χ0v) is 14.7. The first-order valence-electron chi connectivity index (χ1n) is 8.14. The second-order valence-electron chi connectivity index (χ2n) is 5.83. The van der Waals surface area contributed by atoms with E-state index >= 15 is 0 Å². The van der Waals surface area contributed by atoms with Gasteiger partial charge < -0.3 is 10.6 Å². The Kier molecular flexibility index (Phi) is 4.85. The first-order chi connectivity index (χ1) is 11.6. The van der Waals surface area contributed by atoms with Crippen LogP contribution < -0.4 is 15.5 Å². The molecule has 1 aliphatic rings. The molecule has 0 spiro atoms. The molecule has 3 amide bonds. The number of carbonyl (C=O) groups excluding carboxylic acids is 2. The second kappa shape index (κ2) is 7.05. The van der Waals surface area contributed by atoms with Crippen molar-refractivity contribution in [2.45, 2.75) is 26.7 Å². The Morgan fingerprint density at radius 2 is 2.21 bits per heavy atom. The number of nitrogens with one attached hydrogen (secondary N) is 2. The lowest BCUT2D eigenvalue weighted by Crippen LogP contribution is -2.27. The number of carbonyl (C=O) groups is 2. The number of benzene rings is 1. The Labute approximate surface area is 145 Å². The van der Waals surface area contributed by atoms with E-state index in [1.165, 1.54) is 21.8 Å². The maximum atomic E-state index is 12.5. The van der Waals surface area contributed by atoms with Crippen molar-refractivity contribution < 1.29 is 9.59 Å². The molecule has 126 valence electrons. The molecule has 1 saturated heterocycles. The molecule has 0 unspecified atom stereocenters. The summed E-state index contributed by atoms with van der Waals surface area (Å²) in [4.78, 5) is 27.8. The van der Waals surface area contributed by atoms with Crippen molar-refractivity contribution in [2.24, 2.45) is 0 Å². The third-order valence-electron chi connectivity index (χ3n) is 4.04. The van der Waals surface area contributed by atoms with Gasteiger partial charge in [-0.05, 0) is 43.2 Å². The molecule has 1 aliphatic heterocycles. The fourth-order valence-electron chi connectivity index (χ4n) is 2.81. The Bertz CT molecular complexity index is 769. The highest BCUT2D eigenvalue weighted by Crippen LogP contribution is 2.25. The Morgan fingerprint density at radius 1 is 1.38 bits per heavy atom. The summed E-state index contributed by atoms with van der Waals surface area (Å²) in [6.07, 6.45) is 2.06. The summed E-state index contributed by atoms with van der Waals surface area (Å²) in [6.45, 7) is 5.47. The van der Waals surface area contributed by atoms with E-state index in [1.807, 2.05) is 30.3 Å². The lowest BCUT2D eigenvalue weighted by Gasteiger charge is -2.15. The Hall–Kier alpha value is -2.34. The van der Waals surface area contributed by atoms with Crippen molar-refractivity contribution in [1.29, 1.82) is 0 Å². The van der Waals surface area contributed by atoms with E-state index in [-0.39, 0.29) is 11.9 Å². The van der Waals surface area contributed by atoms with Crippen LogP contribution in [0.25, 0.3) is 0 Å². The van der Waals surface area contributed by atoms with Gasteiger partial charge >= 0.3 is 6.03 Å². The largest absolute Gasteiger partial charge is 0.336 e. The molecule has 24 heavy (non-hydrogen) atoms. The Morgan fingerprint density at radius 3 is 2.92 bits per heavy atom. The number of amides is 3. The quantitative estimate of drug-likeness (QED) is 0.867. The summed E-state index contributed by atoms with van der Waals surface area (Å²) in [7, 11) is 0. The van der Waals surface area contributed by atoms with Crippen LogP contribution in [0.2, 0.25) is 0 Å². The van der Waals surface area contributed by atoms with Crippen LogP contribution in [-0.4, -0.2) is 25.0 Å². The van der Waals surface area contributed by atoms with Gasteiger partial charge in [0.1, 0.15) is 0 Å². The molecule has 0 saturated carbocycles. The number of thiophene rings is 1. The van der Waals surface area contributed by atoms with Crippen LogP contribution in [-0.2, 0) is 6.42 Å². The first kappa shape index (κ1) is 16.5. The number of anilines is 2. The fraction of sp³-hybridized carbons (Fsp3) is 0.333. The van der Waals surface area contributed by atoms with Gasteiger partial charge in [-0.15, -0.1) is 11.3 Å². The predicted octanol–water partition coefficient (Wildman–Crippen LogP) is 3.79. The molecule has 2 heterocycles. The summed E-state index contributed by atoms with van der Waals surface area (Å²) in [5.41, 5.74) is 2.73. The molecule has 3 rings (SSSR count). The summed E-state index contributed by atoms with van der Waals surface area (Å²) in [5.74, 6) is -0.103. The van der Waals surface area contributed by atoms with E-state index in [0.717, 1.165) is 23.4 Å². The van der Waals surface area contributed by atoms with Gasteiger partial charge in [0, 0.05) is 29.3 Å². The maximum absolute atomic E-state index is 12.5. The van der Waals surface area contributed by atoms with Crippen molar-refractivity contribution >= 4 is 34.6 Å². The molecule has 2 N–H and O–H groups in total. The molecule has 1 aromatic heterocycles. The van der Waals surface area contributed by atoms with Crippen LogP contribution in [0, 0.1) is 6.92 Å². The van der Waals surface area contributed by atoms with Crippen molar-refractivity contribution in [2.75, 3.05) is 23.3 Å². The molecule has 0 bridgehead atoms. The van der Waals surface area contributed by atoms with E-state index in [0.29, 0.717) is 18.8 Å². The lowest BCUT2D eigenvalue weighted by atomic mass is 10.1. The molecule has 1 aromatic carbocycles. The second-order valence-corrected chi connectivity index (χ2v) is 7.09. The zero-order chi connectivity index (χ0) is 17.1. The van der Waals surface area contributed by atoms with Crippen LogP contribution in [0.4, 0.5) is 16.2 Å². The number of aryl methyl sites for hydroxylation is 2. The molecule has 0 atom stereocenters. The minimum absolute atomic E-state index is 0.100. The smallest absolute Gasteiger partial charge is 0.321 e. The molecular weight excluding hydrogens is 322 g/mol. The molecule has 2 aromatic rings. The highest BCUT2D eigenvalue weighted by atomic mass is 32.1. The normalized spacial score (nSPS) is 13.9. The highest BCUT2D eigenvalue weighted by molar-refractivity contribution is 7.14. The number of rotatable bonds is 5. The van der Waals surface area contributed by atoms with Crippen LogP contribution in [0.15, 0.2) is 30.3 Å². The topological polar surface area (TPSA) is 61.4 Å². The van der Waals surface area contributed by atoms with Crippen LogP contribution in [0.3, 0.4) is 0 Å². The first-order valence-corrected chi connectivity index (χ1v) is 8.96. The average molecular weight is 343 g/mol. The zero-order valence-electron chi connectivity index (χ0n) is 13.9. The minimum atomic E-state index is -0.103. The average Bonchev–Trinajstić information content (AvgIpc) is 3.14. The fourth-order valence-corrected chi connectivity index (χ4v) is 3.78. The van der Waals surface area contributed by atoms with Gasteiger partial charge in [0.05, 0.1) is 4.88 Å². The van der Waals surface area contributed by atoms with Gasteiger partial charge in [-0.25, -0.2) is 4.79 Å². The van der Waals surface area contributed by atoms with Crippen molar-refractivity contribution in [3.05, 3.63) is 45.6 Å². The SMILES string of the molecule is CCCc1cc(C(=O)Nc2cccc(N3CCNC3=O)c2)sc1C. The van der Waals surface area contributed by atoms with Gasteiger partial charge in [0.15, 0.2) is 0 Å². The Balaban J connectivity index is 1.75. The van der Waals surface area contributed by atoms with Crippen molar-refractivity contribution in [3.63, 3.8) is 0 Å². The van der Waals surface area contributed by atoms with Gasteiger partial charge in [-0.2, -0.15) is 0 Å². The molecular formula is C18H21N3O2S. The maximum Gasteiger partial charge on any atom is 0.321 e. The number of urea groups is 1. The molecule has 6 heteroatoms. The molecule has 5 nitrogen and oxygen atoms in total. The summed E-state index contributed by atoms with van der Waals surface area (Å²) in [5, 5.41) is 5.71. The lowest BCUT2D eigenvalue weighted by molar-refractivity contribution is 0.103. The number of hydrogen-bond donors (Lipinski definition) is 2. The van der Waals surface area contributed by atoms with E-state index in [2.05, 4.69) is 24.5 Å². The summed E-state index contributed by atoms with van der Waals surface area (Å²) in [6, 6.07) is 9.26. The van der Waals surface area contributed by atoms with Crippen LogP contribution in [0.5, 0.6) is 0 Å². The van der Waals surface area contributed by atoms with E-state index in [1.54, 1.807) is 4.90 Å². The standard InChI is InChI=1S/C18H21N3O2S/c1-3-5-13-10-16(24-12(13)2)17(22)20-14-6-4-7-15(11-14)21-9-8-19-18(21)23/h4,6-7,10-11H,3,5,8-9H2,1-2H3,(H,19,23)(H,20,22). The number of hydrogen-bond acceptors (Lipinski definition) is 3. The minimum Gasteiger partial charge on any atom is -0.336 e. The third-order valence-corrected chi connectivity index (χ3v) is 5.13. The van der Waals surface area contributed by atoms with Gasteiger partial charge in [0.25, 0.3) is 5.91 Å². The van der Waals surface area contributed by atoms with E-state index in [4.69, 9.17) is 0 Å². The van der Waals surface area contributed by atoms with Gasteiger partial charge in [0.2, 0.25) is 0 Å². The molecule has 0 aliphatic carbocycles. The highest BCUT2D eigenvalue weighted by Gasteiger charge is 2.21.